The van der Waals surface area contributed by atoms with E-state index in [0.717, 1.165) is 37.4 Å². The van der Waals surface area contributed by atoms with Crippen LogP contribution in [0.25, 0.3) is 0 Å². The number of anilines is 1. The van der Waals surface area contributed by atoms with Gasteiger partial charge in [0.25, 0.3) is 0 Å². The molecule has 178 valence electrons. The van der Waals surface area contributed by atoms with Gasteiger partial charge >= 0.3 is 0 Å². The second kappa shape index (κ2) is 10.2. The van der Waals surface area contributed by atoms with Gasteiger partial charge in [0.15, 0.2) is 11.6 Å². The number of carbonyl (C=O) groups excluding carboxylic acids is 1. The molecule has 2 aliphatic rings. The Morgan fingerprint density at radius 1 is 1.00 bits per heavy atom. The predicted octanol–water partition coefficient (Wildman–Crippen LogP) is 3.32. The number of hydrogen-bond donors (Lipinski definition) is 1. The smallest absolute Gasteiger partial charge is 0.243 e. The van der Waals surface area contributed by atoms with Gasteiger partial charge in [0.2, 0.25) is 15.9 Å². The van der Waals surface area contributed by atoms with Crippen molar-refractivity contribution in [2.45, 2.75) is 37.0 Å². The largest absolute Gasteiger partial charge is 0.371 e. The van der Waals surface area contributed by atoms with E-state index in [9.17, 15) is 22.0 Å². The van der Waals surface area contributed by atoms with Gasteiger partial charge in [-0.25, -0.2) is 17.2 Å². The van der Waals surface area contributed by atoms with Crippen molar-refractivity contribution in [1.29, 1.82) is 0 Å². The number of aryl methyl sites for hydroxylation is 1. The fraction of sp³-hybridized carbons (Fsp3) is 0.458. The summed E-state index contributed by atoms with van der Waals surface area (Å²) in [6.07, 6.45) is 3.51. The summed E-state index contributed by atoms with van der Waals surface area (Å²) in [6.45, 7) is 3.09. The number of sulfonamides is 1. The molecular weight excluding hydrogens is 448 g/mol. The van der Waals surface area contributed by atoms with Gasteiger partial charge in [-0.05, 0) is 61.4 Å². The van der Waals surface area contributed by atoms with Crippen molar-refractivity contribution in [3.63, 3.8) is 0 Å². The molecule has 2 aliphatic heterocycles. The quantitative estimate of drug-likeness (QED) is 0.633. The fourth-order valence-corrected chi connectivity index (χ4v) is 5.94. The molecule has 0 aromatic heterocycles. The highest BCUT2D eigenvalue weighted by Crippen LogP contribution is 2.25. The number of carbonyl (C=O) groups is 1. The molecule has 2 fully saturated rings. The lowest BCUT2D eigenvalue weighted by atomic mass is 10.1. The lowest BCUT2D eigenvalue weighted by Crippen LogP contribution is -2.31. The molecule has 1 N–H and O–H groups in total. The number of rotatable bonds is 8. The minimum Gasteiger partial charge on any atom is -0.371 e. The fourth-order valence-electron chi connectivity index (χ4n) is 4.43. The molecule has 1 unspecified atom stereocenters. The second-order valence-corrected chi connectivity index (χ2v) is 10.7. The van der Waals surface area contributed by atoms with Gasteiger partial charge in [-0.15, -0.1) is 0 Å². The number of amides is 1. The molecule has 0 saturated carbocycles. The van der Waals surface area contributed by atoms with Crippen molar-refractivity contribution in [1.82, 2.24) is 9.62 Å². The molecule has 1 atom stereocenters. The van der Waals surface area contributed by atoms with E-state index in [4.69, 9.17) is 0 Å². The molecule has 2 saturated heterocycles. The van der Waals surface area contributed by atoms with Crippen LogP contribution in [0.3, 0.4) is 0 Å². The maximum Gasteiger partial charge on any atom is 0.243 e. The van der Waals surface area contributed by atoms with Gasteiger partial charge in [0.1, 0.15) is 0 Å². The molecule has 9 heteroatoms. The molecule has 6 nitrogen and oxygen atoms in total. The summed E-state index contributed by atoms with van der Waals surface area (Å²) in [5, 5.41) is 2.96. The van der Waals surface area contributed by atoms with E-state index in [1.165, 1.54) is 10.4 Å². The van der Waals surface area contributed by atoms with Gasteiger partial charge in [-0.1, -0.05) is 12.1 Å². The summed E-state index contributed by atoms with van der Waals surface area (Å²) in [5.74, 6) is -1.53. The van der Waals surface area contributed by atoms with Crippen molar-refractivity contribution >= 4 is 21.6 Å². The number of nitrogens with one attached hydrogen (secondary N) is 1. The summed E-state index contributed by atoms with van der Waals surface area (Å²) in [5.41, 5.74) is 1.56. The molecule has 33 heavy (non-hydrogen) atoms. The molecule has 2 aromatic carbocycles. The van der Waals surface area contributed by atoms with Gasteiger partial charge < -0.3 is 10.2 Å². The molecule has 2 aromatic rings. The monoisotopic (exact) mass is 477 g/mol. The van der Waals surface area contributed by atoms with Crippen molar-refractivity contribution < 1.29 is 22.0 Å². The summed E-state index contributed by atoms with van der Waals surface area (Å²) in [7, 11) is -3.42. The zero-order valence-corrected chi connectivity index (χ0v) is 19.3. The van der Waals surface area contributed by atoms with E-state index < -0.39 is 21.7 Å². The Morgan fingerprint density at radius 2 is 1.73 bits per heavy atom. The van der Waals surface area contributed by atoms with E-state index in [2.05, 4.69) is 5.32 Å². The summed E-state index contributed by atoms with van der Waals surface area (Å²) in [4.78, 5) is 14.6. The zero-order chi connectivity index (χ0) is 23.4. The van der Waals surface area contributed by atoms with E-state index in [-0.39, 0.29) is 11.8 Å². The van der Waals surface area contributed by atoms with Gasteiger partial charge in [-0.2, -0.15) is 4.31 Å². The summed E-state index contributed by atoms with van der Waals surface area (Å²) in [6, 6.07) is 10.7. The average molecular weight is 478 g/mol. The molecule has 0 aliphatic carbocycles. The molecule has 0 radical (unpaired) electrons. The Hall–Kier alpha value is -2.52. The van der Waals surface area contributed by atoms with E-state index in [0.29, 0.717) is 49.6 Å². The maximum atomic E-state index is 13.5. The van der Waals surface area contributed by atoms with Crippen LogP contribution in [0.2, 0.25) is 0 Å². The number of benzene rings is 2. The first-order chi connectivity index (χ1) is 15.8. The maximum absolute atomic E-state index is 13.5. The van der Waals surface area contributed by atoms with Crippen LogP contribution in [0.1, 0.15) is 31.2 Å². The van der Waals surface area contributed by atoms with Crippen LogP contribution in [0.4, 0.5) is 14.5 Å². The topological polar surface area (TPSA) is 69.7 Å². The molecule has 0 bridgehead atoms. The van der Waals surface area contributed by atoms with Gasteiger partial charge in [0.05, 0.1) is 4.90 Å². The third kappa shape index (κ3) is 5.70. The highest BCUT2D eigenvalue weighted by atomic mass is 32.2. The SMILES string of the molecule is O=C(CCc1ccc(S(=O)(=O)N2CCCC2)cc1)NCC1CCN(c2ccc(F)c(F)c2)C1. The molecular formula is C24H29F2N3O3S. The lowest BCUT2D eigenvalue weighted by molar-refractivity contribution is -0.121. The van der Waals surface area contributed by atoms with Crippen LogP contribution in [-0.4, -0.2) is 51.4 Å². The van der Waals surface area contributed by atoms with Gasteiger partial charge in [-0.3, -0.25) is 4.79 Å². The number of nitrogens with zero attached hydrogens (tertiary/aromatic N) is 2. The zero-order valence-electron chi connectivity index (χ0n) is 18.5. The summed E-state index contributed by atoms with van der Waals surface area (Å²) >= 11 is 0. The minimum atomic E-state index is -3.42. The normalized spacial score (nSPS) is 19.2. The Kier molecular flexibility index (Phi) is 7.29. The van der Waals surface area contributed by atoms with E-state index >= 15 is 0 Å². The Bertz CT molecular complexity index is 1090. The number of hydrogen-bond acceptors (Lipinski definition) is 4. The first kappa shape index (κ1) is 23.6. The van der Waals surface area contributed by atoms with Crippen LogP contribution >= 0.6 is 0 Å². The van der Waals surface area contributed by atoms with Crippen LogP contribution in [0, 0.1) is 17.6 Å². The van der Waals surface area contributed by atoms with Crippen molar-refractivity contribution in [2.24, 2.45) is 5.92 Å². The first-order valence-corrected chi connectivity index (χ1v) is 12.8. The van der Waals surface area contributed by atoms with Crippen molar-refractivity contribution in [3.8, 4) is 0 Å². The second-order valence-electron chi connectivity index (χ2n) is 8.76. The lowest BCUT2D eigenvalue weighted by Gasteiger charge is -2.19. The molecule has 2 heterocycles. The highest BCUT2D eigenvalue weighted by Gasteiger charge is 2.27. The average Bonchev–Trinajstić information content (AvgIpc) is 3.51. The van der Waals surface area contributed by atoms with Crippen molar-refractivity contribution in [3.05, 3.63) is 59.7 Å². The predicted molar refractivity (Wildman–Crippen MR) is 122 cm³/mol. The standard InChI is InChI=1S/C24H29F2N3O3S/c25-22-9-6-20(15-23(22)26)28-14-11-19(17-28)16-27-24(30)10-5-18-3-7-21(8-4-18)33(31,32)29-12-1-2-13-29/h3-4,6-9,15,19H,1-2,5,10-14,16-17H2,(H,27,30). The van der Waals surface area contributed by atoms with Gasteiger partial charge in [0, 0.05) is 50.9 Å². The Morgan fingerprint density at radius 3 is 2.42 bits per heavy atom. The van der Waals surface area contributed by atoms with Crippen molar-refractivity contribution in [2.75, 3.05) is 37.6 Å². The van der Waals surface area contributed by atoms with Crippen LogP contribution < -0.4 is 10.2 Å². The van der Waals surface area contributed by atoms with E-state index in [1.807, 2.05) is 4.90 Å². The number of halogens is 2. The van der Waals surface area contributed by atoms with Crippen LogP contribution in [-0.2, 0) is 21.2 Å². The third-order valence-electron chi connectivity index (χ3n) is 6.41. The van der Waals surface area contributed by atoms with Crippen LogP contribution in [0.15, 0.2) is 47.4 Å². The molecule has 0 spiro atoms. The van der Waals surface area contributed by atoms with Crippen LogP contribution in [0.5, 0.6) is 0 Å². The summed E-state index contributed by atoms with van der Waals surface area (Å²) < 4.78 is 53.3. The minimum absolute atomic E-state index is 0.0601. The molecule has 1 amide bonds. The molecule has 4 rings (SSSR count). The Balaban J connectivity index is 1.21. The third-order valence-corrected chi connectivity index (χ3v) is 8.32. The first-order valence-electron chi connectivity index (χ1n) is 11.4. The Labute approximate surface area is 193 Å². The highest BCUT2D eigenvalue weighted by molar-refractivity contribution is 7.89. The van der Waals surface area contributed by atoms with E-state index in [1.54, 1.807) is 30.3 Å².